The second kappa shape index (κ2) is 13.8. The predicted octanol–water partition coefficient (Wildman–Crippen LogP) is 5.37. The van der Waals surface area contributed by atoms with Gasteiger partial charge in [-0.1, -0.05) is 79.4 Å². The van der Waals surface area contributed by atoms with Crippen LogP contribution in [0.3, 0.4) is 0 Å². The lowest BCUT2D eigenvalue weighted by molar-refractivity contribution is 0.0369. The molecule has 1 heterocycles. The van der Waals surface area contributed by atoms with Gasteiger partial charge in [0.25, 0.3) is 0 Å². The predicted molar refractivity (Wildman–Crippen MR) is 140 cm³/mol. The zero-order valence-corrected chi connectivity index (χ0v) is 21.6. The molecule has 0 unspecified atom stereocenters. The van der Waals surface area contributed by atoms with Crippen LogP contribution in [0.15, 0.2) is 65.1 Å². The van der Waals surface area contributed by atoms with E-state index in [0.29, 0.717) is 18.0 Å². The van der Waals surface area contributed by atoms with E-state index in [2.05, 4.69) is 30.0 Å². The second-order valence-corrected chi connectivity index (χ2v) is 11.1. The summed E-state index contributed by atoms with van der Waals surface area (Å²) in [5.74, 6) is 0. The number of hydrogen-bond donors (Lipinski definition) is 0. The molecule has 2 aromatic carbocycles. The molecule has 6 heteroatoms. The fourth-order valence-corrected chi connectivity index (χ4v) is 5.73. The van der Waals surface area contributed by atoms with Crippen molar-refractivity contribution in [2.75, 3.05) is 45.9 Å². The van der Waals surface area contributed by atoms with Crippen molar-refractivity contribution >= 4 is 16.1 Å². The summed E-state index contributed by atoms with van der Waals surface area (Å²) in [5, 5.41) is 0. The summed E-state index contributed by atoms with van der Waals surface area (Å²) >= 11 is 0. The Kier molecular flexibility index (Phi) is 10.8. The monoisotopic (exact) mass is 484 g/mol. The van der Waals surface area contributed by atoms with Crippen LogP contribution in [0.2, 0.25) is 0 Å². The Labute approximate surface area is 206 Å². The van der Waals surface area contributed by atoms with Crippen LogP contribution in [0.1, 0.15) is 50.2 Å². The Morgan fingerprint density at radius 1 is 1.00 bits per heavy atom. The number of sulfonamides is 1. The number of nitrogens with zero attached hydrogens (tertiary/aromatic N) is 2. The van der Waals surface area contributed by atoms with Crippen molar-refractivity contribution in [2.45, 2.75) is 50.8 Å². The molecule has 1 aliphatic rings. The van der Waals surface area contributed by atoms with Crippen molar-refractivity contribution in [1.82, 2.24) is 9.21 Å². The lowest BCUT2D eigenvalue weighted by Gasteiger charge is -2.28. The van der Waals surface area contributed by atoms with Crippen molar-refractivity contribution in [3.63, 3.8) is 0 Å². The Morgan fingerprint density at radius 3 is 2.38 bits per heavy atom. The van der Waals surface area contributed by atoms with E-state index in [4.69, 9.17) is 4.74 Å². The summed E-state index contributed by atoms with van der Waals surface area (Å²) < 4.78 is 34.6. The number of unbranched alkanes of at least 4 members (excludes halogenated alkanes) is 2. The van der Waals surface area contributed by atoms with Crippen LogP contribution in [0, 0.1) is 6.92 Å². The summed E-state index contributed by atoms with van der Waals surface area (Å²) in [7, 11) is -3.59. The molecule has 1 aliphatic heterocycles. The van der Waals surface area contributed by atoms with Crippen LogP contribution in [-0.4, -0.2) is 63.6 Å². The summed E-state index contributed by atoms with van der Waals surface area (Å²) in [6, 6.07) is 17.4. The van der Waals surface area contributed by atoms with Gasteiger partial charge in [-0.25, -0.2) is 8.42 Å². The van der Waals surface area contributed by atoms with E-state index < -0.39 is 10.0 Å². The second-order valence-electron chi connectivity index (χ2n) is 9.13. The molecule has 0 aromatic heterocycles. The summed E-state index contributed by atoms with van der Waals surface area (Å²) in [6.07, 6.45) is 7.25. The zero-order valence-electron chi connectivity index (χ0n) is 20.8. The maximum atomic E-state index is 13.7. The SMILES string of the molecule is CCCCC/C(=C\c1ccccc1)CN(CCCN1CCOCC1)S(=O)(=O)c1ccc(C)cc1. The van der Waals surface area contributed by atoms with Crippen molar-refractivity contribution in [3.05, 3.63) is 71.3 Å². The molecule has 0 amide bonds. The third kappa shape index (κ3) is 8.35. The molecule has 0 N–H and O–H groups in total. The highest BCUT2D eigenvalue weighted by atomic mass is 32.2. The average molecular weight is 485 g/mol. The topological polar surface area (TPSA) is 49.9 Å². The van der Waals surface area contributed by atoms with Gasteiger partial charge >= 0.3 is 0 Å². The van der Waals surface area contributed by atoms with Crippen LogP contribution < -0.4 is 0 Å². The number of ether oxygens (including phenoxy) is 1. The minimum absolute atomic E-state index is 0.372. The van der Waals surface area contributed by atoms with Crippen LogP contribution in [0.4, 0.5) is 0 Å². The summed E-state index contributed by atoms with van der Waals surface area (Å²) in [6.45, 7) is 9.34. The Bertz CT molecular complexity index is 982. The lowest BCUT2D eigenvalue weighted by Crippen LogP contribution is -2.39. The van der Waals surface area contributed by atoms with E-state index in [1.54, 1.807) is 16.4 Å². The molecule has 5 nitrogen and oxygen atoms in total. The van der Waals surface area contributed by atoms with Gasteiger partial charge in [0.1, 0.15) is 0 Å². The molecule has 186 valence electrons. The van der Waals surface area contributed by atoms with Gasteiger partial charge in [0.2, 0.25) is 10.0 Å². The Hall–Kier alpha value is -1.99. The van der Waals surface area contributed by atoms with Gasteiger partial charge in [0, 0.05) is 26.2 Å². The number of hydrogen-bond acceptors (Lipinski definition) is 4. The van der Waals surface area contributed by atoms with Crippen molar-refractivity contribution in [1.29, 1.82) is 0 Å². The molecule has 1 fully saturated rings. The molecule has 2 aromatic rings. The summed E-state index contributed by atoms with van der Waals surface area (Å²) in [4.78, 5) is 2.74. The normalized spacial score (nSPS) is 15.7. The first kappa shape index (κ1) is 26.6. The first-order chi connectivity index (χ1) is 16.5. The third-order valence-corrected chi connectivity index (χ3v) is 8.15. The molecule has 3 rings (SSSR count). The van der Waals surface area contributed by atoms with Gasteiger partial charge in [-0.3, -0.25) is 4.90 Å². The van der Waals surface area contributed by atoms with Gasteiger partial charge in [-0.15, -0.1) is 0 Å². The van der Waals surface area contributed by atoms with E-state index in [-0.39, 0.29) is 0 Å². The first-order valence-electron chi connectivity index (χ1n) is 12.6. The van der Waals surface area contributed by atoms with Gasteiger partial charge in [0.15, 0.2) is 0 Å². The van der Waals surface area contributed by atoms with E-state index in [1.165, 1.54) is 5.57 Å². The fourth-order valence-electron chi connectivity index (χ4n) is 4.25. The number of rotatable bonds is 13. The molecule has 34 heavy (non-hydrogen) atoms. The molecular formula is C28H40N2O3S. The number of aryl methyl sites for hydroxylation is 1. The maximum Gasteiger partial charge on any atom is 0.243 e. The Morgan fingerprint density at radius 2 is 1.71 bits per heavy atom. The maximum absolute atomic E-state index is 13.7. The quantitative estimate of drug-likeness (QED) is 0.359. The minimum Gasteiger partial charge on any atom is -0.379 e. The van der Waals surface area contributed by atoms with Crippen molar-refractivity contribution < 1.29 is 13.2 Å². The standard InChI is InChI=1S/C28H40N2O3S/c1-3-4-6-12-27(23-26-10-7-5-8-11-26)24-30(18-9-17-29-19-21-33-22-20-29)34(31,32)28-15-13-25(2)14-16-28/h5,7-8,10-11,13-16,23H,3-4,6,9,12,17-22,24H2,1-2H3/b27-23+. The average Bonchev–Trinajstić information content (AvgIpc) is 2.85. The van der Waals surface area contributed by atoms with Crippen LogP contribution in [0.25, 0.3) is 6.08 Å². The number of morpholine rings is 1. The highest BCUT2D eigenvalue weighted by Crippen LogP contribution is 2.22. The zero-order chi connectivity index (χ0) is 24.2. The molecule has 0 bridgehead atoms. The van der Waals surface area contributed by atoms with E-state index in [0.717, 1.165) is 76.1 Å². The van der Waals surface area contributed by atoms with Gasteiger partial charge in [-0.05, 0) is 50.4 Å². The fraction of sp³-hybridized carbons (Fsp3) is 0.500. The molecule has 0 spiro atoms. The molecule has 1 saturated heterocycles. The van der Waals surface area contributed by atoms with Gasteiger partial charge in [0.05, 0.1) is 18.1 Å². The van der Waals surface area contributed by atoms with E-state index in [1.807, 2.05) is 37.3 Å². The van der Waals surface area contributed by atoms with Crippen molar-refractivity contribution in [3.8, 4) is 0 Å². The lowest BCUT2D eigenvalue weighted by atomic mass is 10.0. The molecule has 0 radical (unpaired) electrons. The molecule has 0 aliphatic carbocycles. The third-order valence-electron chi connectivity index (χ3n) is 6.30. The van der Waals surface area contributed by atoms with Gasteiger partial charge in [-0.2, -0.15) is 4.31 Å². The van der Waals surface area contributed by atoms with Gasteiger partial charge < -0.3 is 4.74 Å². The van der Waals surface area contributed by atoms with Crippen molar-refractivity contribution in [2.24, 2.45) is 0 Å². The molecule has 0 atom stereocenters. The molecule has 0 saturated carbocycles. The first-order valence-corrected chi connectivity index (χ1v) is 14.0. The number of benzene rings is 2. The minimum atomic E-state index is -3.59. The smallest absolute Gasteiger partial charge is 0.243 e. The summed E-state index contributed by atoms with van der Waals surface area (Å²) in [5.41, 5.74) is 3.35. The van der Waals surface area contributed by atoms with E-state index >= 15 is 0 Å². The highest BCUT2D eigenvalue weighted by molar-refractivity contribution is 7.89. The van der Waals surface area contributed by atoms with Crippen LogP contribution in [0.5, 0.6) is 0 Å². The van der Waals surface area contributed by atoms with Crippen LogP contribution >= 0.6 is 0 Å². The Balaban J connectivity index is 1.81. The molecular weight excluding hydrogens is 444 g/mol. The van der Waals surface area contributed by atoms with E-state index in [9.17, 15) is 8.42 Å². The van der Waals surface area contributed by atoms with Crippen LogP contribution in [-0.2, 0) is 14.8 Å². The highest BCUT2D eigenvalue weighted by Gasteiger charge is 2.25. The largest absolute Gasteiger partial charge is 0.379 e.